The summed E-state index contributed by atoms with van der Waals surface area (Å²) in [6, 6.07) is 9.61. The minimum Gasteiger partial charge on any atom is -0.485 e. The summed E-state index contributed by atoms with van der Waals surface area (Å²) in [4.78, 5) is 11.0. The van der Waals surface area contributed by atoms with Gasteiger partial charge in [0.05, 0.1) is 0 Å². The van der Waals surface area contributed by atoms with Gasteiger partial charge in [0.15, 0.2) is 0 Å². The van der Waals surface area contributed by atoms with Gasteiger partial charge in [-0.1, -0.05) is 32.0 Å². The number of aromatic carboxylic acids is 1. The predicted octanol–water partition coefficient (Wildman–Crippen LogP) is 4.38. The number of hydrogen-bond acceptors (Lipinski definition) is 3. The number of aryl methyl sites for hydroxylation is 1. The lowest BCUT2D eigenvalue weighted by Crippen LogP contribution is -2.00. The van der Waals surface area contributed by atoms with Crippen molar-refractivity contribution < 1.29 is 19.1 Å². The zero-order valence-corrected chi connectivity index (χ0v) is 12.6. The van der Waals surface area contributed by atoms with Gasteiger partial charge in [0.1, 0.15) is 18.1 Å². The summed E-state index contributed by atoms with van der Waals surface area (Å²) in [6.45, 7) is 6.23. The fourth-order valence-electron chi connectivity index (χ4n) is 2.22. The lowest BCUT2D eigenvalue weighted by molar-refractivity contribution is 0.0657. The van der Waals surface area contributed by atoms with Crippen LogP contribution in [0.3, 0.4) is 0 Å². The van der Waals surface area contributed by atoms with Crippen LogP contribution in [-0.4, -0.2) is 11.1 Å². The summed E-state index contributed by atoms with van der Waals surface area (Å²) in [5, 5.41) is 8.98. The maximum atomic E-state index is 11.0. The molecule has 1 aromatic heterocycles. The van der Waals surface area contributed by atoms with Gasteiger partial charge >= 0.3 is 5.97 Å². The molecule has 1 aromatic carbocycles. The topological polar surface area (TPSA) is 59.7 Å². The van der Waals surface area contributed by atoms with Gasteiger partial charge in [-0.3, -0.25) is 0 Å². The second kappa shape index (κ2) is 6.48. The van der Waals surface area contributed by atoms with Crippen molar-refractivity contribution in [2.45, 2.75) is 39.7 Å². The van der Waals surface area contributed by atoms with Crippen molar-refractivity contribution in [1.82, 2.24) is 0 Å². The van der Waals surface area contributed by atoms with Gasteiger partial charge < -0.3 is 14.3 Å². The highest BCUT2D eigenvalue weighted by molar-refractivity contribution is 5.86. The van der Waals surface area contributed by atoms with Gasteiger partial charge in [-0.25, -0.2) is 4.79 Å². The van der Waals surface area contributed by atoms with Gasteiger partial charge in [-0.2, -0.15) is 0 Å². The van der Waals surface area contributed by atoms with E-state index in [0.29, 0.717) is 17.2 Å². The third-order valence-electron chi connectivity index (χ3n) is 3.60. The van der Waals surface area contributed by atoms with E-state index in [4.69, 9.17) is 14.3 Å². The summed E-state index contributed by atoms with van der Waals surface area (Å²) in [7, 11) is 0. The van der Waals surface area contributed by atoms with E-state index in [9.17, 15) is 4.79 Å². The summed E-state index contributed by atoms with van der Waals surface area (Å²) in [6.07, 6.45) is 1.03. The standard InChI is InChI=1S/C17H20O4/c1-4-11(2)14-7-5-6-8-15(14)20-10-13-9-12(3)16(21-13)17(18)19/h5-9,11H,4,10H2,1-3H3,(H,18,19). The Kier molecular flexibility index (Phi) is 4.68. The Morgan fingerprint density at radius 3 is 2.71 bits per heavy atom. The molecule has 4 nitrogen and oxygen atoms in total. The van der Waals surface area contributed by atoms with Crippen LogP contribution in [0.15, 0.2) is 34.7 Å². The second-order valence-electron chi connectivity index (χ2n) is 5.17. The minimum atomic E-state index is -1.06. The van der Waals surface area contributed by atoms with E-state index in [2.05, 4.69) is 19.9 Å². The maximum absolute atomic E-state index is 11.0. The molecule has 112 valence electrons. The fourth-order valence-corrected chi connectivity index (χ4v) is 2.22. The van der Waals surface area contributed by atoms with Crippen LogP contribution in [0.4, 0.5) is 0 Å². The molecule has 4 heteroatoms. The van der Waals surface area contributed by atoms with Gasteiger partial charge in [0.2, 0.25) is 5.76 Å². The quantitative estimate of drug-likeness (QED) is 0.857. The number of carbonyl (C=O) groups is 1. The SMILES string of the molecule is CCC(C)c1ccccc1OCc1cc(C)c(C(=O)O)o1. The largest absolute Gasteiger partial charge is 0.485 e. The van der Waals surface area contributed by atoms with Gasteiger partial charge in [0, 0.05) is 5.56 Å². The summed E-state index contributed by atoms with van der Waals surface area (Å²) < 4.78 is 11.1. The van der Waals surface area contributed by atoms with E-state index in [1.165, 1.54) is 0 Å². The van der Waals surface area contributed by atoms with Crippen LogP contribution in [0.25, 0.3) is 0 Å². The van der Waals surface area contributed by atoms with Crippen LogP contribution in [0, 0.1) is 6.92 Å². The number of carboxylic acid groups (broad SMARTS) is 1. The van der Waals surface area contributed by atoms with Crippen molar-refractivity contribution in [3.63, 3.8) is 0 Å². The first-order valence-corrected chi connectivity index (χ1v) is 7.07. The number of carboxylic acids is 1. The highest BCUT2D eigenvalue weighted by Gasteiger charge is 2.15. The molecule has 1 unspecified atom stereocenters. The third-order valence-corrected chi connectivity index (χ3v) is 3.60. The van der Waals surface area contributed by atoms with Crippen LogP contribution in [0.1, 0.15) is 53.6 Å². The van der Waals surface area contributed by atoms with Crippen molar-refractivity contribution in [2.24, 2.45) is 0 Å². The number of furan rings is 1. The lowest BCUT2D eigenvalue weighted by Gasteiger charge is -2.14. The van der Waals surface area contributed by atoms with Crippen molar-refractivity contribution in [3.8, 4) is 5.75 Å². The van der Waals surface area contributed by atoms with Crippen LogP contribution in [0.2, 0.25) is 0 Å². The van der Waals surface area contributed by atoms with Gasteiger partial charge in [-0.15, -0.1) is 0 Å². The van der Waals surface area contributed by atoms with Crippen molar-refractivity contribution in [1.29, 1.82) is 0 Å². The molecule has 0 saturated heterocycles. The van der Waals surface area contributed by atoms with Gasteiger partial charge in [-0.05, 0) is 37.0 Å². The van der Waals surface area contributed by atoms with Crippen LogP contribution < -0.4 is 4.74 Å². The maximum Gasteiger partial charge on any atom is 0.372 e. The first-order chi connectivity index (χ1) is 10.0. The van der Waals surface area contributed by atoms with E-state index in [-0.39, 0.29) is 12.4 Å². The molecule has 1 N–H and O–H groups in total. The molecule has 21 heavy (non-hydrogen) atoms. The average Bonchev–Trinajstić information content (AvgIpc) is 2.86. The van der Waals surface area contributed by atoms with E-state index >= 15 is 0 Å². The molecular formula is C17H20O4. The van der Waals surface area contributed by atoms with Crippen LogP contribution in [0.5, 0.6) is 5.75 Å². The van der Waals surface area contributed by atoms with E-state index in [1.54, 1.807) is 13.0 Å². The molecule has 1 heterocycles. The van der Waals surface area contributed by atoms with Crippen molar-refractivity contribution >= 4 is 5.97 Å². The zero-order valence-electron chi connectivity index (χ0n) is 12.6. The fraction of sp³-hybridized carbons (Fsp3) is 0.353. The molecule has 0 aliphatic rings. The Labute approximate surface area is 124 Å². The first-order valence-electron chi connectivity index (χ1n) is 7.07. The first kappa shape index (κ1) is 15.2. The third kappa shape index (κ3) is 3.45. The Morgan fingerprint density at radius 1 is 1.38 bits per heavy atom. The average molecular weight is 288 g/mol. The molecule has 0 saturated carbocycles. The second-order valence-corrected chi connectivity index (χ2v) is 5.17. The zero-order chi connectivity index (χ0) is 15.4. The van der Waals surface area contributed by atoms with E-state index < -0.39 is 5.97 Å². The highest BCUT2D eigenvalue weighted by atomic mass is 16.5. The molecule has 2 aromatic rings. The van der Waals surface area contributed by atoms with Crippen LogP contribution in [-0.2, 0) is 6.61 Å². The summed E-state index contributed by atoms with van der Waals surface area (Å²) >= 11 is 0. The summed E-state index contributed by atoms with van der Waals surface area (Å²) in [5.74, 6) is 0.665. The Bertz CT molecular complexity index is 627. The predicted molar refractivity (Wildman–Crippen MR) is 79.9 cm³/mol. The molecular weight excluding hydrogens is 268 g/mol. The minimum absolute atomic E-state index is 0.0242. The van der Waals surface area contributed by atoms with Crippen LogP contribution >= 0.6 is 0 Å². The van der Waals surface area contributed by atoms with E-state index in [1.807, 2.05) is 18.2 Å². The normalized spacial score (nSPS) is 12.1. The smallest absolute Gasteiger partial charge is 0.372 e. The number of ether oxygens (including phenoxy) is 1. The monoisotopic (exact) mass is 288 g/mol. The summed E-state index contributed by atoms with van der Waals surface area (Å²) in [5.41, 5.74) is 1.76. The number of rotatable bonds is 6. The van der Waals surface area contributed by atoms with Crippen molar-refractivity contribution in [3.05, 3.63) is 53.0 Å². The molecule has 0 fully saturated rings. The molecule has 2 rings (SSSR count). The lowest BCUT2D eigenvalue weighted by atomic mass is 9.98. The molecule has 0 amide bonds. The Balaban J connectivity index is 2.13. The van der Waals surface area contributed by atoms with Crippen molar-refractivity contribution in [2.75, 3.05) is 0 Å². The van der Waals surface area contributed by atoms with E-state index in [0.717, 1.165) is 17.7 Å². The molecule has 0 aliphatic carbocycles. The molecule has 0 spiro atoms. The molecule has 0 aliphatic heterocycles. The Hall–Kier alpha value is -2.23. The number of para-hydroxylation sites is 1. The molecule has 0 bridgehead atoms. The molecule has 1 atom stereocenters. The number of benzene rings is 1. The number of hydrogen-bond donors (Lipinski definition) is 1. The molecule has 0 radical (unpaired) electrons. The Morgan fingerprint density at radius 2 is 2.10 bits per heavy atom. The highest BCUT2D eigenvalue weighted by Crippen LogP contribution is 2.29. The van der Waals surface area contributed by atoms with Gasteiger partial charge in [0.25, 0.3) is 0 Å².